The summed E-state index contributed by atoms with van der Waals surface area (Å²) >= 11 is 0. The number of carbonyl (C=O) groups is 2. The second kappa shape index (κ2) is 7.92. The molecule has 6 nitrogen and oxygen atoms in total. The van der Waals surface area contributed by atoms with Gasteiger partial charge >= 0.3 is 12.0 Å². The Morgan fingerprint density at radius 1 is 1.38 bits per heavy atom. The highest BCUT2D eigenvalue weighted by Gasteiger charge is 2.09. The molecule has 0 heterocycles. The lowest BCUT2D eigenvalue weighted by Gasteiger charge is -2.13. The van der Waals surface area contributed by atoms with Crippen LogP contribution in [0, 0.1) is 0 Å². The van der Waals surface area contributed by atoms with Gasteiger partial charge in [-0.05, 0) is 34.0 Å². The Morgan fingerprint density at radius 2 is 2.00 bits per heavy atom. The molecular weight excluding hydrogens is 210 g/mol. The van der Waals surface area contributed by atoms with Crippen LogP contribution in [0.5, 0.6) is 0 Å². The fourth-order valence-electron chi connectivity index (χ4n) is 1.18. The van der Waals surface area contributed by atoms with E-state index in [9.17, 15) is 9.59 Å². The summed E-state index contributed by atoms with van der Waals surface area (Å²) in [7, 11) is 3.93. The predicted molar refractivity (Wildman–Crippen MR) is 61.4 cm³/mol. The number of carbonyl (C=O) groups excluding carboxylic acids is 1. The van der Waals surface area contributed by atoms with E-state index in [1.54, 1.807) is 6.92 Å². The molecule has 6 heteroatoms. The summed E-state index contributed by atoms with van der Waals surface area (Å²) in [5, 5.41) is 13.7. The third kappa shape index (κ3) is 9.26. The summed E-state index contributed by atoms with van der Waals surface area (Å²) < 4.78 is 0. The second-order valence-electron chi connectivity index (χ2n) is 4.06. The Morgan fingerprint density at radius 3 is 2.50 bits per heavy atom. The van der Waals surface area contributed by atoms with Gasteiger partial charge in [0, 0.05) is 12.6 Å². The van der Waals surface area contributed by atoms with E-state index in [4.69, 9.17) is 5.11 Å². The lowest BCUT2D eigenvalue weighted by molar-refractivity contribution is -0.137. The lowest BCUT2D eigenvalue weighted by atomic mass is 10.2. The summed E-state index contributed by atoms with van der Waals surface area (Å²) in [4.78, 5) is 23.6. The van der Waals surface area contributed by atoms with E-state index in [0.717, 1.165) is 13.0 Å². The molecular formula is C10H21N3O3. The van der Waals surface area contributed by atoms with Crippen molar-refractivity contribution < 1.29 is 14.7 Å². The largest absolute Gasteiger partial charge is 0.481 e. The first kappa shape index (κ1) is 14.7. The average molecular weight is 231 g/mol. The van der Waals surface area contributed by atoms with Crippen LogP contribution in [0.15, 0.2) is 0 Å². The van der Waals surface area contributed by atoms with Crippen molar-refractivity contribution in [3.63, 3.8) is 0 Å². The second-order valence-corrected chi connectivity index (χ2v) is 4.06. The van der Waals surface area contributed by atoms with Gasteiger partial charge in [-0.2, -0.15) is 0 Å². The predicted octanol–water partition coefficient (Wildman–Crippen LogP) is 0.101. The molecule has 1 atom stereocenters. The number of amides is 2. The molecule has 16 heavy (non-hydrogen) atoms. The van der Waals surface area contributed by atoms with Crippen LogP contribution in [0.4, 0.5) is 4.79 Å². The van der Waals surface area contributed by atoms with Crippen molar-refractivity contribution >= 4 is 12.0 Å². The first-order valence-electron chi connectivity index (χ1n) is 5.32. The zero-order chi connectivity index (χ0) is 12.6. The molecule has 0 aliphatic heterocycles. The van der Waals surface area contributed by atoms with E-state index in [1.807, 2.05) is 19.0 Å². The Balaban J connectivity index is 3.54. The number of carboxylic acids is 1. The third-order valence-corrected chi connectivity index (χ3v) is 1.93. The van der Waals surface area contributed by atoms with Crippen LogP contribution in [0.1, 0.15) is 19.8 Å². The highest BCUT2D eigenvalue weighted by molar-refractivity contribution is 5.75. The quantitative estimate of drug-likeness (QED) is 0.543. The number of hydrogen-bond donors (Lipinski definition) is 3. The minimum absolute atomic E-state index is 0.0644. The molecule has 0 radical (unpaired) electrons. The molecule has 0 bridgehead atoms. The van der Waals surface area contributed by atoms with Gasteiger partial charge < -0.3 is 20.6 Å². The van der Waals surface area contributed by atoms with Crippen LogP contribution in [-0.2, 0) is 4.79 Å². The molecule has 0 saturated heterocycles. The van der Waals surface area contributed by atoms with Crippen LogP contribution in [-0.4, -0.2) is 55.2 Å². The van der Waals surface area contributed by atoms with Crippen molar-refractivity contribution in [2.45, 2.75) is 25.8 Å². The van der Waals surface area contributed by atoms with Gasteiger partial charge in [-0.25, -0.2) is 4.79 Å². The molecule has 0 aliphatic carbocycles. The first-order valence-corrected chi connectivity index (χ1v) is 5.32. The number of nitrogens with zero attached hydrogens (tertiary/aromatic N) is 1. The zero-order valence-corrected chi connectivity index (χ0v) is 10.1. The van der Waals surface area contributed by atoms with E-state index in [-0.39, 0.29) is 18.5 Å². The molecule has 0 aromatic rings. The van der Waals surface area contributed by atoms with E-state index >= 15 is 0 Å². The minimum Gasteiger partial charge on any atom is -0.481 e. The van der Waals surface area contributed by atoms with E-state index in [1.165, 1.54) is 0 Å². The molecule has 0 aromatic heterocycles. The van der Waals surface area contributed by atoms with Crippen LogP contribution in [0.2, 0.25) is 0 Å². The Hall–Kier alpha value is -1.30. The van der Waals surface area contributed by atoms with E-state index in [0.29, 0.717) is 6.54 Å². The number of carboxylic acid groups (broad SMARTS) is 1. The number of aliphatic carboxylic acids is 1. The standard InChI is InChI=1S/C10H21N3O3/c1-8(7-9(14)15)12-10(16)11-5-4-6-13(2)3/h8H,4-7H2,1-3H3,(H,14,15)(H2,11,12,16). The molecule has 0 aliphatic rings. The highest BCUT2D eigenvalue weighted by atomic mass is 16.4. The molecule has 2 amide bonds. The Bertz CT molecular complexity index is 231. The topological polar surface area (TPSA) is 81.7 Å². The fourth-order valence-corrected chi connectivity index (χ4v) is 1.18. The summed E-state index contributed by atoms with van der Waals surface area (Å²) in [5.74, 6) is -0.916. The molecule has 0 spiro atoms. The number of nitrogens with one attached hydrogen (secondary N) is 2. The van der Waals surface area contributed by atoms with Crippen molar-refractivity contribution in [1.29, 1.82) is 0 Å². The maximum Gasteiger partial charge on any atom is 0.315 e. The molecule has 1 unspecified atom stereocenters. The first-order chi connectivity index (χ1) is 7.41. The summed E-state index contributed by atoms with van der Waals surface area (Å²) in [6, 6.07) is -0.668. The van der Waals surface area contributed by atoms with Gasteiger partial charge in [-0.1, -0.05) is 0 Å². The van der Waals surface area contributed by atoms with Crippen molar-refractivity contribution in [2.24, 2.45) is 0 Å². The van der Waals surface area contributed by atoms with Gasteiger partial charge in [-0.3, -0.25) is 4.79 Å². The van der Waals surface area contributed by atoms with E-state index < -0.39 is 5.97 Å². The van der Waals surface area contributed by atoms with Crippen molar-refractivity contribution in [3.05, 3.63) is 0 Å². The zero-order valence-electron chi connectivity index (χ0n) is 10.1. The Kier molecular flexibility index (Phi) is 7.28. The minimum atomic E-state index is -0.916. The maximum atomic E-state index is 11.3. The normalized spacial score (nSPS) is 12.2. The molecule has 0 saturated carbocycles. The van der Waals surface area contributed by atoms with E-state index in [2.05, 4.69) is 10.6 Å². The summed E-state index contributed by atoms with van der Waals surface area (Å²) in [6.07, 6.45) is 0.804. The average Bonchev–Trinajstić information content (AvgIpc) is 2.10. The SMILES string of the molecule is CC(CC(=O)O)NC(=O)NCCCN(C)C. The lowest BCUT2D eigenvalue weighted by Crippen LogP contribution is -2.42. The van der Waals surface area contributed by atoms with Gasteiger partial charge in [0.15, 0.2) is 0 Å². The van der Waals surface area contributed by atoms with Gasteiger partial charge in [0.2, 0.25) is 0 Å². The maximum absolute atomic E-state index is 11.3. The van der Waals surface area contributed by atoms with Gasteiger partial charge in [0.05, 0.1) is 6.42 Å². The number of rotatable bonds is 7. The van der Waals surface area contributed by atoms with Crippen LogP contribution in [0.3, 0.4) is 0 Å². The Labute approximate surface area is 96.0 Å². The molecule has 0 fully saturated rings. The fraction of sp³-hybridized carbons (Fsp3) is 0.800. The molecule has 0 aromatic carbocycles. The van der Waals surface area contributed by atoms with Crippen LogP contribution >= 0.6 is 0 Å². The molecule has 94 valence electrons. The smallest absolute Gasteiger partial charge is 0.315 e. The van der Waals surface area contributed by atoms with Gasteiger partial charge in [-0.15, -0.1) is 0 Å². The van der Waals surface area contributed by atoms with Crippen LogP contribution in [0.25, 0.3) is 0 Å². The monoisotopic (exact) mass is 231 g/mol. The van der Waals surface area contributed by atoms with Crippen molar-refractivity contribution in [3.8, 4) is 0 Å². The van der Waals surface area contributed by atoms with Crippen molar-refractivity contribution in [2.75, 3.05) is 27.2 Å². The number of hydrogen-bond acceptors (Lipinski definition) is 3. The van der Waals surface area contributed by atoms with Gasteiger partial charge in [0.1, 0.15) is 0 Å². The third-order valence-electron chi connectivity index (χ3n) is 1.93. The number of urea groups is 1. The molecule has 0 rings (SSSR count). The van der Waals surface area contributed by atoms with Gasteiger partial charge in [0.25, 0.3) is 0 Å². The van der Waals surface area contributed by atoms with Crippen LogP contribution < -0.4 is 10.6 Å². The van der Waals surface area contributed by atoms with Crippen molar-refractivity contribution in [1.82, 2.24) is 15.5 Å². The molecule has 3 N–H and O–H groups in total. The summed E-state index contributed by atoms with van der Waals surface area (Å²) in [5.41, 5.74) is 0. The summed E-state index contributed by atoms with van der Waals surface area (Å²) in [6.45, 7) is 3.16. The highest BCUT2D eigenvalue weighted by Crippen LogP contribution is 1.89.